The van der Waals surface area contributed by atoms with Gasteiger partial charge in [0.05, 0.1) is 12.7 Å². The van der Waals surface area contributed by atoms with Crippen LogP contribution in [-0.4, -0.2) is 23.3 Å². The molecule has 3 aromatic carbocycles. The van der Waals surface area contributed by atoms with Gasteiger partial charge in [0.25, 0.3) is 0 Å². The van der Waals surface area contributed by atoms with Crippen molar-refractivity contribution in [3.05, 3.63) is 59.2 Å². The quantitative estimate of drug-likeness (QED) is 0.436. The fourth-order valence-corrected chi connectivity index (χ4v) is 7.96. The smallest absolute Gasteiger partial charge is 0.336 e. The standard InChI is InChI=1S/C30H32O4/c1-3-22-23-6-4-20(11-24(23)27(31)13-25(22)29(32)33)21-5-7-28(34-2)26(12-21)30-14-17-8-18(15-30)10-19(9-17)16-30/h4-7,11-13,17-19,31H,3,8-10,14-16H2,1-2H3,(H,32,33). The number of carboxylic acid groups (broad SMARTS) is 1. The monoisotopic (exact) mass is 456 g/mol. The van der Waals surface area contributed by atoms with E-state index in [0.29, 0.717) is 11.8 Å². The molecule has 4 saturated carbocycles. The molecule has 0 aliphatic heterocycles. The highest BCUT2D eigenvalue weighted by Crippen LogP contribution is 2.62. The van der Waals surface area contributed by atoms with E-state index in [4.69, 9.17) is 4.74 Å². The third kappa shape index (κ3) is 3.22. The summed E-state index contributed by atoms with van der Waals surface area (Å²) in [6, 6.07) is 14.0. The molecule has 4 aliphatic carbocycles. The molecule has 0 spiro atoms. The van der Waals surface area contributed by atoms with Crippen molar-refractivity contribution in [2.24, 2.45) is 17.8 Å². The van der Waals surface area contributed by atoms with Gasteiger partial charge in [-0.3, -0.25) is 0 Å². The molecule has 4 fully saturated rings. The number of aromatic hydroxyl groups is 1. The average molecular weight is 457 g/mol. The van der Waals surface area contributed by atoms with Crippen LogP contribution in [-0.2, 0) is 11.8 Å². The van der Waals surface area contributed by atoms with Crippen molar-refractivity contribution in [2.45, 2.75) is 57.3 Å². The lowest BCUT2D eigenvalue weighted by atomic mass is 9.48. The Balaban J connectivity index is 1.47. The third-order valence-corrected chi connectivity index (χ3v) is 8.95. The molecule has 4 nitrogen and oxygen atoms in total. The van der Waals surface area contributed by atoms with Gasteiger partial charge in [-0.15, -0.1) is 0 Å². The Kier molecular flexibility index (Phi) is 4.91. The van der Waals surface area contributed by atoms with Gasteiger partial charge in [-0.25, -0.2) is 4.79 Å². The first kappa shape index (κ1) is 21.5. The number of phenolic OH excluding ortho intramolecular Hbond substituents is 1. The Morgan fingerprint density at radius 2 is 1.56 bits per heavy atom. The van der Waals surface area contributed by atoms with E-state index in [9.17, 15) is 15.0 Å². The van der Waals surface area contributed by atoms with Crippen LogP contribution in [0.4, 0.5) is 0 Å². The van der Waals surface area contributed by atoms with E-state index in [1.165, 1.54) is 50.2 Å². The zero-order valence-corrected chi connectivity index (χ0v) is 19.9. The summed E-state index contributed by atoms with van der Waals surface area (Å²) in [5.74, 6) is 2.57. The molecule has 0 saturated heterocycles. The molecule has 0 atom stereocenters. The lowest BCUT2D eigenvalue weighted by molar-refractivity contribution is -0.00613. The molecular weight excluding hydrogens is 424 g/mol. The van der Waals surface area contributed by atoms with Crippen LogP contribution in [0.25, 0.3) is 21.9 Å². The maximum absolute atomic E-state index is 11.7. The van der Waals surface area contributed by atoms with Gasteiger partial charge in [0, 0.05) is 10.9 Å². The highest BCUT2D eigenvalue weighted by atomic mass is 16.5. The highest BCUT2D eigenvalue weighted by molar-refractivity contribution is 6.02. The SMILES string of the molecule is CCc1c(C(=O)O)cc(O)c2cc(-c3ccc(OC)c(C45CC6CC(CC(C6)C4)C5)c3)ccc12. The van der Waals surface area contributed by atoms with Crippen LogP contribution >= 0.6 is 0 Å². The Labute approximate surface area is 200 Å². The Morgan fingerprint density at radius 1 is 0.941 bits per heavy atom. The van der Waals surface area contributed by atoms with E-state index in [0.717, 1.165) is 45.6 Å². The molecule has 0 radical (unpaired) electrons. The predicted molar refractivity (Wildman–Crippen MR) is 134 cm³/mol. The molecule has 4 aliphatic rings. The molecule has 176 valence electrons. The Morgan fingerprint density at radius 3 is 2.15 bits per heavy atom. The number of hydrogen-bond donors (Lipinski definition) is 2. The first-order valence-electron chi connectivity index (χ1n) is 12.6. The number of methoxy groups -OCH3 is 1. The summed E-state index contributed by atoms with van der Waals surface area (Å²) in [6.45, 7) is 1.95. The molecule has 0 aromatic heterocycles. The second-order valence-corrected chi connectivity index (χ2v) is 11.0. The van der Waals surface area contributed by atoms with Gasteiger partial charge in [0.15, 0.2) is 0 Å². The summed E-state index contributed by atoms with van der Waals surface area (Å²) >= 11 is 0. The predicted octanol–water partition coefficient (Wildman–Crippen LogP) is 6.95. The third-order valence-electron chi connectivity index (χ3n) is 8.95. The summed E-state index contributed by atoms with van der Waals surface area (Å²) in [4.78, 5) is 11.7. The Hall–Kier alpha value is -3.01. The summed E-state index contributed by atoms with van der Waals surface area (Å²) in [6.07, 6.45) is 8.63. The molecule has 3 aromatic rings. The largest absolute Gasteiger partial charge is 0.507 e. The number of rotatable bonds is 5. The number of ether oxygens (including phenoxy) is 1. The van der Waals surface area contributed by atoms with Gasteiger partial charge in [0.2, 0.25) is 0 Å². The van der Waals surface area contributed by atoms with E-state index in [1.807, 2.05) is 19.1 Å². The minimum atomic E-state index is -1.01. The van der Waals surface area contributed by atoms with Crippen LogP contribution in [0.2, 0.25) is 0 Å². The van der Waals surface area contributed by atoms with Gasteiger partial charge in [-0.2, -0.15) is 0 Å². The summed E-state index contributed by atoms with van der Waals surface area (Å²) in [7, 11) is 1.78. The fourth-order valence-electron chi connectivity index (χ4n) is 7.96. The zero-order valence-electron chi connectivity index (χ0n) is 19.9. The molecule has 4 heteroatoms. The van der Waals surface area contributed by atoms with E-state index >= 15 is 0 Å². The van der Waals surface area contributed by atoms with Crippen LogP contribution in [0, 0.1) is 17.8 Å². The topological polar surface area (TPSA) is 66.8 Å². The van der Waals surface area contributed by atoms with E-state index in [-0.39, 0.29) is 16.7 Å². The summed E-state index contributed by atoms with van der Waals surface area (Å²) in [5.41, 5.74) is 4.66. The molecule has 0 amide bonds. The minimum Gasteiger partial charge on any atom is -0.507 e. The van der Waals surface area contributed by atoms with Crippen LogP contribution in [0.1, 0.15) is 66.9 Å². The molecule has 0 unspecified atom stereocenters. The van der Waals surface area contributed by atoms with Gasteiger partial charge in [-0.1, -0.05) is 25.1 Å². The van der Waals surface area contributed by atoms with Crippen molar-refractivity contribution in [3.8, 4) is 22.6 Å². The van der Waals surface area contributed by atoms with Crippen molar-refractivity contribution >= 4 is 16.7 Å². The maximum Gasteiger partial charge on any atom is 0.336 e. The number of carbonyl (C=O) groups is 1. The van der Waals surface area contributed by atoms with Crippen molar-refractivity contribution in [1.29, 1.82) is 0 Å². The first-order chi connectivity index (χ1) is 16.4. The Bertz CT molecular complexity index is 1270. The van der Waals surface area contributed by atoms with Gasteiger partial charge in [0.1, 0.15) is 11.5 Å². The van der Waals surface area contributed by atoms with Crippen LogP contribution in [0.5, 0.6) is 11.5 Å². The van der Waals surface area contributed by atoms with Gasteiger partial charge < -0.3 is 14.9 Å². The number of fused-ring (bicyclic) bond motifs is 1. The van der Waals surface area contributed by atoms with Crippen LogP contribution in [0.15, 0.2) is 42.5 Å². The normalized spacial score (nSPS) is 27.3. The summed E-state index contributed by atoms with van der Waals surface area (Å²) in [5, 5.41) is 21.8. The number of aryl methyl sites for hydroxylation is 1. The number of hydrogen-bond acceptors (Lipinski definition) is 3. The molecule has 4 bridgehead atoms. The molecular formula is C30H32O4. The fraction of sp³-hybridized carbons (Fsp3) is 0.433. The minimum absolute atomic E-state index is 0.0151. The van der Waals surface area contributed by atoms with Crippen molar-refractivity contribution in [3.63, 3.8) is 0 Å². The number of aromatic carboxylic acids is 1. The van der Waals surface area contributed by atoms with E-state index in [1.54, 1.807) is 7.11 Å². The summed E-state index contributed by atoms with van der Waals surface area (Å²) < 4.78 is 5.89. The molecule has 2 N–H and O–H groups in total. The lowest BCUT2D eigenvalue weighted by Crippen LogP contribution is -2.48. The van der Waals surface area contributed by atoms with Crippen LogP contribution < -0.4 is 4.74 Å². The number of benzene rings is 3. The van der Waals surface area contributed by atoms with E-state index in [2.05, 4.69) is 24.3 Å². The van der Waals surface area contributed by atoms with Crippen molar-refractivity contribution in [2.75, 3.05) is 7.11 Å². The van der Waals surface area contributed by atoms with Crippen molar-refractivity contribution in [1.82, 2.24) is 0 Å². The maximum atomic E-state index is 11.7. The van der Waals surface area contributed by atoms with Gasteiger partial charge in [-0.05, 0) is 114 Å². The second kappa shape index (κ2) is 7.76. The van der Waals surface area contributed by atoms with E-state index < -0.39 is 5.97 Å². The molecule has 34 heavy (non-hydrogen) atoms. The number of carboxylic acids is 1. The van der Waals surface area contributed by atoms with Crippen LogP contribution in [0.3, 0.4) is 0 Å². The highest BCUT2D eigenvalue weighted by Gasteiger charge is 2.52. The second-order valence-electron chi connectivity index (χ2n) is 11.0. The molecule has 0 heterocycles. The number of phenols is 1. The average Bonchev–Trinajstić information content (AvgIpc) is 2.82. The lowest BCUT2D eigenvalue weighted by Gasteiger charge is -2.57. The zero-order chi connectivity index (χ0) is 23.6. The van der Waals surface area contributed by atoms with Crippen molar-refractivity contribution < 1.29 is 19.7 Å². The molecule has 7 rings (SSSR count). The van der Waals surface area contributed by atoms with Gasteiger partial charge >= 0.3 is 5.97 Å². The first-order valence-corrected chi connectivity index (χ1v) is 12.6.